The van der Waals surface area contributed by atoms with Crippen molar-refractivity contribution < 1.29 is 26.7 Å². The molecule has 118 valence electrons. The summed E-state index contributed by atoms with van der Waals surface area (Å²) in [6.45, 7) is 0. The fourth-order valence-electron chi connectivity index (χ4n) is 1.79. The summed E-state index contributed by atoms with van der Waals surface area (Å²) in [4.78, 5) is 14.9. The highest BCUT2D eigenvalue weighted by atomic mass is 32.2. The third-order valence-electron chi connectivity index (χ3n) is 2.75. The molecule has 0 radical (unpaired) electrons. The summed E-state index contributed by atoms with van der Waals surface area (Å²) in [5, 5.41) is 2.23. The smallest absolute Gasteiger partial charge is 0.280 e. The minimum atomic E-state index is -2.81. The Hall–Kier alpha value is -2.20. The molecule has 1 atom stereocenters. The molecule has 2 heterocycles. The quantitative estimate of drug-likeness (QED) is 0.841. The van der Waals surface area contributed by atoms with Crippen molar-refractivity contribution in [3.05, 3.63) is 41.7 Å². The van der Waals surface area contributed by atoms with Gasteiger partial charge >= 0.3 is 0 Å². The molecular weight excluding hydrogens is 323 g/mol. The Labute approximate surface area is 125 Å². The van der Waals surface area contributed by atoms with E-state index in [1.807, 2.05) is 0 Å². The average Bonchev–Trinajstić information content (AvgIpc) is 2.74. The van der Waals surface area contributed by atoms with Crippen molar-refractivity contribution in [2.24, 2.45) is 7.05 Å². The molecular formula is C12H10F3N3O3S. The summed E-state index contributed by atoms with van der Waals surface area (Å²) in [6.07, 6.45) is -0.739. The number of alkyl halides is 2. The number of aromatic nitrogens is 2. The van der Waals surface area contributed by atoms with Gasteiger partial charge in [-0.2, -0.15) is 0 Å². The number of nitrogens with one attached hydrogen (secondary N) is 1. The van der Waals surface area contributed by atoms with Crippen molar-refractivity contribution in [1.29, 1.82) is 0 Å². The second-order valence-electron chi connectivity index (χ2n) is 4.24. The van der Waals surface area contributed by atoms with Gasteiger partial charge in [-0.05, 0) is 12.1 Å². The van der Waals surface area contributed by atoms with Gasteiger partial charge in [0, 0.05) is 25.1 Å². The molecule has 2 aromatic rings. The van der Waals surface area contributed by atoms with Crippen LogP contribution < -0.4 is 5.32 Å². The van der Waals surface area contributed by atoms with Gasteiger partial charge in [0.25, 0.3) is 12.3 Å². The van der Waals surface area contributed by atoms with Crippen LogP contribution in [0.15, 0.2) is 29.4 Å². The molecule has 1 unspecified atom stereocenters. The Bertz CT molecular complexity index is 748. The molecule has 0 spiro atoms. The normalized spacial score (nSPS) is 12.5. The number of hydrogen-bond acceptors (Lipinski definition) is 3. The van der Waals surface area contributed by atoms with Gasteiger partial charge in [0.1, 0.15) is 16.3 Å². The van der Waals surface area contributed by atoms with Gasteiger partial charge in [-0.1, -0.05) is 0 Å². The number of anilines is 1. The van der Waals surface area contributed by atoms with Gasteiger partial charge in [-0.25, -0.2) is 17.4 Å². The minimum Gasteiger partial charge on any atom is -0.343 e. The van der Waals surface area contributed by atoms with Gasteiger partial charge in [-0.15, -0.1) is 0 Å². The fraction of sp³-hybridized carbons (Fsp3) is 0.167. The maximum atomic E-state index is 13.9. The lowest BCUT2D eigenvalue weighted by Gasteiger charge is -2.07. The van der Waals surface area contributed by atoms with Crippen LogP contribution in [0.3, 0.4) is 0 Å². The Kier molecular flexibility index (Phi) is 4.62. The molecule has 0 aliphatic carbocycles. The van der Waals surface area contributed by atoms with Crippen LogP contribution in [0.2, 0.25) is 0 Å². The summed E-state index contributed by atoms with van der Waals surface area (Å²) in [5.74, 6) is -2.09. The Morgan fingerprint density at radius 3 is 2.73 bits per heavy atom. The first kappa shape index (κ1) is 16.2. The lowest BCUT2D eigenvalue weighted by molar-refractivity contribution is 0.101. The van der Waals surface area contributed by atoms with E-state index >= 15 is 0 Å². The van der Waals surface area contributed by atoms with E-state index in [0.29, 0.717) is 0 Å². The maximum Gasteiger partial charge on any atom is 0.280 e. The van der Waals surface area contributed by atoms with Crippen molar-refractivity contribution >= 4 is 22.7 Å². The number of carbonyl (C=O) groups is 1. The molecule has 0 saturated carbocycles. The molecule has 0 saturated heterocycles. The van der Waals surface area contributed by atoms with Gasteiger partial charge in [0.15, 0.2) is 16.9 Å². The summed E-state index contributed by atoms with van der Waals surface area (Å²) in [7, 11) is 1.31. The number of hydrogen-bond donors (Lipinski definition) is 2. The minimum absolute atomic E-state index is 0.00238. The first-order chi connectivity index (χ1) is 10.3. The summed E-state index contributed by atoms with van der Waals surface area (Å²) >= 11 is -2.59. The third kappa shape index (κ3) is 3.17. The van der Waals surface area contributed by atoms with Crippen LogP contribution in [0.4, 0.5) is 18.9 Å². The van der Waals surface area contributed by atoms with Crippen molar-refractivity contribution in [3.63, 3.8) is 0 Å². The summed E-state index contributed by atoms with van der Waals surface area (Å²) in [5.41, 5.74) is -1.03. The predicted molar refractivity (Wildman–Crippen MR) is 71.6 cm³/mol. The monoisotopic (exact) mass is 333 g/mol. The van der Waals surface area contributed by atoms with E-state index < -0.39 is 45.5 Å². The van der Waals surface area contributed by atoms with E-state index in [-0.39, 0.29) is 5.69 Å². The van der Waals surface area contributed by atoms with Crippen LogP contribution >= 0.6 is 0 Å². The lowest BCUT2D eigenvalue weighted by atomic mass is 10.3. The molecule has 0 aliphatic rings. The molecule has 0 aromatic carbocycles. The maximum absolute atomic E-state index is 13.9. The molecule has 1 amide bonds. The Morgan fingerprint density at radius 2 is 2.18 bits per heavy atom. The van der Waals surface area contributed by atoms with Crippen molar-refractivity contribution in [2.75, 3.05) is 5.32 Å². The molecule has 0 bridgehead atoms. The SMILES string of the molecule is Cn1cc(S(=O)O)c(F)c1C(=O)Nc1ccnc(C(F)F)c1. The predicted octanol–water partition coefficient (Wildman–Crippen LogP) is 2.33. The van der Waals surface area contributed by atoms with Crippen LogP contribution in [0.5, 0.6) is 0 Å². The number of carbonyl (C=O) groups excluding carboxylic acids is 1. The fourth-order valence-corrected chi connectivity index (χ4v) is 2.28. The van der Waals surface area contributed by atoms with E-state index in [0.717, 1.165) is 23.0 Å². The van der Waals surface area contributed by atoms with Gasteiger partial charge < -0.3 is 14.4 Å². The summed E-state index contributed by atoms with van der Waals surface area (Å²) in [6, 6.07) is 2.21. The molecule has 2 aromatic heterocycles. The number of amides is 1. The lowest BCUT2D eigenvalue weighted by Crippen LogP contribution is -2.17. The highest BCUT2D eigenvalue weighted by Crippen LogP contribution is 2.21. The van der Waals surface area contributed by atoms with E-state index in [4.69, 9.17) is 4.55 Å². The number of nitrogens with zero attached hydrogens (tertiary/aromatic N) is 2. The molecule has 0 fully saturated rings. The van der Waals surface area contributed by atoms with Crippen LogP contribution in [-0.4, -0.2) is 24.2 Å². The van der Waals surface area contributed by atoms with E-state index in [2.05, 4.69) is 10.3 Å². The Morgan fingerprint density at radius 1 is 1.50 bits per heavy atom. The zero-order valence-corrected chi connectivity index (χ0v) is 11.9. The largest absolute Gasteiger partial charge is 0.343 e. The van der Waals surface area contributed by atoms with E-state index in [1.165, 1.54) is 13.1 Å². The van der Waals surface area contributed by atoms with Crippen molar-refractivity contribution in [1.82, 2.24) is 9.55 Å². The number of pyridine rings is 1. The first-order valence-corrected chi connectivity index (χ1v) is 6.93. The van der Waals surface area contributed by atoms with Gasteiger partial charge in [-0.3, -0.25) is 9.78 Å². The van der Waals surface area contributed by atoms with Crippen molar-refractivity contribution in [2.45, 2.75) is 11.3 Å². The standard InChI is InChI=1S/C12H10F3N3O3S/c1-18-5-8(22(20)21)9(13)10(18)12(19)17-6-2-3-16-7(4-6)11(14)15/h2-5,11H,1H3,(H,20,21)(H,16,17,19). The molecule has 22 heavy (non-hydrogen) atoms. The second kappa shape index (κ2) is 6.28. The molecule has 2 N–H and O–H groups in total. The molecule has 2 rings (SSSR count). The highest BCUT2D eigenvalue weighted by molar-refractivity contribution is 7.79. The van der Waals surface area contributed by atoms with E-state index in [9.17, 15) is 22.2 Å². The van der Waals surface area contributed by atoms with Gasteiger partial charge in [0.2, 0.25) is 0 Å². The topological polar surface area (TPSA) is 84.2 Å². The third-order valence-corrected chi connectivity index (χ3v) is 3.41. The molecule has 0 aliphatic heterocycles. The first-order valence-electron chi connectivity index (χ1n) is 5.82. The number of rotatable bonds is 4. The molecule has 10 heteroatoms. The zero-order valence-electron chi connectivity index (χ0n) is 11.1. The van der Waals surface area contributed by atoms with Gasteiger partial charge in [0.05, 0.1) is 0 Å². The van der Waals surface area contributed by atoms with Crippen LogP contribution in [0.1, 0.15) is 22.6 Å². The highest BCUT2D eigenvalue weighted by Gasteiger charge is 2.23. The second-order valence-corrected chi connectivity index (χ2v) is 5.18. The number of halogens is 3. The van der Waals surface area contributed by atoms with Crippen LogP contribution in [-0.2, 0) is 18.1 Å². The van der Waals surface area contributed by atoms with Crippen LogP contribution in [0, 0.1) is 5.82 Å². The Balaban J connectivity index is 2.30. The zero-order chi connectivity index (χ0) is 16.4. The van der Waals surface area contributed by atoms with E-state index in [1.54, 1.807) is 0 Å². The van der Waals surface area contributed by atoms with Crippen LogP contribution in [0.25, 0.3) is 0 Å². The number of aryl methyl sites for hydroxylation is 1. The van der Waals surface area contributed by atoms with Crippen molar-refractivity contribution in [3.8, 4) is 0 Å². The average molecular weight is 333 g/mol. The summed E-state index contributed by atoms with van der Waals surface area (Å²) < 4.78 is 59.9. The molecule has 6 nitrogen and oxygen atoms in total.